The quantitative estimate of drug-likeness (QED) is 0.152. The molecule has 0 saturated carbocycles. The van der Waals surface area contributed by atoms with E-state index in [0.717, 1.165) is 106 Å². The van der Waals surface area contributed by atoms with Gasteiger partial charge in [0.2, 0.25) is 0 Å². The summed E-state index contributed by atoms with van der Waals surface area (Å²) in [7, 11) is 0. The normalized spacial score (nSPS) is 14.5. The lowest BCUT2D eigenvalue weighted by Gasteiger charge is -2.41. The van der Waals surface area contributed by atoms with Crippen molar-refractivity contribution in [3.63, 3.8) is 0 Å². The van der Waals surface area contributed by atoms with Crippen molar-refractivity contribution in [1.82, 2.24) is 9.13 Å². The lowest BCUT2D eigenvalue weighted by atomic mass is 9.65. The minimum Gasteiger partial charge on any atom is -0.456 e. The van der Waals surface area contributed by atoms with Gasteiger partial charge in [0.05, 0.1) is 50.0 Å². The van der Waals surface area contributed by atoms with Gasteiger partial charge in [0.1, 0.15) is 22.3 Å². The zero-order valence-electron chi connectivity index (χ0n) is 59.4. The predicted octanol–water partition coefficient (Wildman–Crippen LogP) is 27.3. The highest BCUT2D eigenvalue weighted by molar-refractivity contribution is 6.16. The number of hydrogen-bond donors (Lipinski definition) is 0. The number of para-hydroxylation sites is 8. The zero-order valence-corrected chi connectivity index (χ0v) is 59.4. The van der Waals surface area contributed by atoms with Crippen LogP contribution < -0.4 is 9.80 Å². The molecule has 2 aliphatic carbocycles. The average Bonchev–Trinajstić information content (AvgIpc) is 1.53. The number of hydrogen-bond acceptors (Lipinski definition) is 4. The Hall–Kier alpha value is -14.5. The third kappa shape index (κ3) is 7.75. The van der Waals surface area contributed by atoms with Gasteiger partial charge >= 0.3 is 0 Å². The fraction of sp³-hybridized carbons (Fsp3) is 0.0192. The van der Waals surface area contributed by atoms with Gasteiger partial charge in [-0.15, -0.1) is 0 Å². The van der Waals surface area contributed by atoms with Gasteiger partial charge in [-0.05, 0) is 186 Å². The summed E-state index contributed by atoms with van der Waals surface area (Å²) in [5.74, 6) is 0. The van der Waals surface area contributed by atoms with Crippen molar-refractivity contribution in [1.29, 1.82) is 0 Å². The van der Waals surface area contributed by atoms with Gasteiger partial charge in [-0.3, -0.25) is 0 Å². The topological polar surface area (TPSA) is 42.6 Å². The van der Waals surface area contributed by atoms with E-state index in [1.54, 1.807) is 0 Å². The van der Waals surface area contributed by atoms with Crippen molar-refractivity contribution in [3.8, 4) is 55.9 Å². The van der Waals surface area contributed by atoms with Crippen LogP contribution in [-0.4, -0.2) is 9.13 Å². The highest BCUT2D eigenvalue weighted by Gasteiger charge is 2.54. The summed E-state index contributed by atoms with van der Waals surface area (Å²) in [5.41, 5.74) is 35.5. The van der Waals surface area contributed by atoms with Crippen LogP contribution in [0.3, 0.4) is 0 Å². The first-order valence-corrected chi connectivity index (χ1v) is 38.0. The number of furan rings is 2. The van der Waals surface area contributed by atoms with Gasteiger partial charge in [-0.2, -0.15) is 0 Å². The second-order valence-electron chi connectivity index (χ2n) is 30.0. The second kappa shape index (κ2) is 22.1. The van der Waals surface area contributed by atoms with Gasteiger partial charge in [-0.1, -0.05) is 273 Å². The molecule has 0 radical (unpaired) electrons. The number of aromatic nitrogens is 2. The molecule has 0 fully saturated rings. The maximum atomic E-state index is 6.71. The molecule has 110 heavy (non-hydrogen) atoms. The Labute approximate surface area is 632 Å². The summed E-state index contributed by atoms with van der Waals surface area (Å²) in [5, 5.41) is 9.32. The van der Waals surface area contributed by atoms with E-state index in [0.29, 0.717) is 0 Å². The highest BCUT2D eigenvalue weighted by atomic mass is 16.3. The maximum Gasteiger partial charge on any atom is 0.137 e. The average molecular weight is 1400 g/mol. The molecule has 0 saturated heterocycles. The number of nitrogens with zero attached hydrogens (tertiary/aromatic N) is 4. The van der Waals surface area contributed by atoms with Gasteiger partial charge in [0, 0.05) is 77.6 Å². The van der Waals surface area contributed by atoms with E-state index in [1.165, 1.54) is 116 Å². The van der Waals surface area contributed by atoms with Crippen molar-refractivity contribution in [3.05, 3.63) is 421 Å². The molecule has 0 N–H and O–H groups in total. The van der Waals surface area contributed by atoms with Gasteiger partial charge in [0.15, 0.2) is 0 Å². The van der Waals surface area contributed by atoms with E-state index in [2.05, 4.69) is 383 Å². The molecule has 510 valence electrons. The molecule has 2 spiro atoms. The Bertz CT molecular complexity index is 7510. The molecule has 0 bridgehead atoms. The first-order chi connectivity index (χ1) is 54.6. The first kappa shape index (κ1) is 59.8. The Morgan fingerprint density at radius 1 is 0.227 bits per heavy atom. The van der Waals surface area contributed by atoms with E-state index in [-0.39, 0.29) is 0 Å². The Balaban J connectivity index is 0.640. The van der Waals surface area contributed by atoms with Crippen molar-refractivity contribution >= 4 is 122 Å². The van der Waals surface area contributed by atoms with Crippen molar-refractivity contribution < 1.29 is 8.83 Å². The second-order valence-corrected chi connectivity index (χ2v) is 30.0. The third-order valence-corrected chi connectivity index (χ3v) is 24.9. The van der Waals surface area contributed by atoms with E-state index in [4.69, 9.17) is 8.83 Å². The van der Waals surface area contributed by atoms with Crippen LogP contribution >= 0.6 is 0 Å². The van der Waals surface area contributed by atoms with Crippen LogP contribution in [0.2, 0.25) is 0 Å². The van der Waals surface area contributed by atoms with Crippen LogP contribution in [0, 0.1) is 0 Å². The lowest BCUT2D eigenvalue weighted by molar-refractivity contribution is 0.668. The van der Waals surface area contributed by atoms with E-state index in [1.807, 2.05) is 12.1 Å². The number of benzene rings is 17. The molecule has 1 unspecified atom stereocenters. The van der Waals surface area contributed by atoms with Gasteiger partial charge in [0.25, 0.3) is 0 Å². The minimum atomic E-state index is -0.720. The highest BCUT2D eigenvalue weighted by Crippen LogP contribution is 2.66. The van der Waals surface area contributed by atoms with Crippen LogP contribution in [0.15, 0.2) is 385 Å². The van der Waals surface area contributed by atoms with E-state index < -0.39 is 10.8 Å². The molecule has 17 aromatic carbocycles. The SMILES string of the molecule is c1ccc(N(c2ccc3oc4ccccc4c3c2)c2cccc3c2-n2c4ccccc4c4cccc(c42)C32c3ccccc3-c3c(-c4ccc(-c5ccc(N(c6ccc7c(c6)-n6c8ccccc8c8cccc(c86)C76c7ccccc7-c7ccccc76)c6ccc7c(c6)oc6ccccc67)cc5)cc4)cccc32)cc1. The summed E-state index contributed by atoms with van der Waals surface area (Å²) >= 11 is 0. The van der Waals surface area contributed by atoms with Crippen LogP contribution in [0.25, 0.3) is 143 Å². The fourth-order valence-electron chi connectivity index (χ4n) is 20.6. The molecular formula is C104H62N4O2. The van der Waals surface area contributed by atoms with E-state index in [9.17, 15) is 0 Å². The summed E-state index contributed by atoms with van der Waals surface area (Å²) < 4.78 is 18.3. The lowest BCUT2D eigenvalue weighted by Crippen LogP contribution is -2.34. The predicted molar refractivity (Wildman–Crippen MR) is 452 cm³/mol. The molecule has 4 aliphatic rings. The van der Waals surface area contributed by atoms with Crippen LogP contribution in [0.5, 0.6) is 0 Å². The zero-order chi connectivity index (χ0) is 71.7. The molecule has 4 aromatic heterocycles. The molecule has 2 aliphatic heterocycles. The fourth-order valence-corrected chi connectivity index (χ4v) is 20.6. The summed E-state index contributed by atoms with van der Waals surface area (Å²) in [6, 6.07) is 140. The molecular weight excluding hydrogens is 1340 g/mol. The van der Waals surface area contributed by atoms with Gasteiger partial charge in [-0.25, -0.2) is 0 Å². The summed E-state index contributed by atoms with van der Waals surface area (Å²) in [6.45, 7) is 0. The minimum absolute atomic E-state index is 0.570. The smallest absolute Gasteiger partial charge is 0.137 e. The largest absolute Gasteiger partial charge is 0.456 e. The van der Waals surface area contributed by atoms with Crippen molar-refractivity contribution in [2.45, 2.75) is 10.8 Å². The molecule has 1 atom stereocenters. The standard InChI is InChI=1S/C104H62N4O2/c1-2-22-66(23-3-1)106(68-56-59-97-82(60-68)77-29-10-17-45-96(77)109-97)93-43-21-40-90-102(93)108-92-42-15-8-27-75(92)80-33-20-39-89(101(80)108)104(90)85-36-13-6-30-81(85)99-71(31-18-37-87(99)104)65-48-46-63(47-49-65)64-50-52-67(53-51-64)105(70-54-57-78-76-28-9-16-44-95(76)110-98(78)62-70)69-55-58-86-94(61-69)107-91-41-14-7-26-74(91)79-32-19-38-88(100(79)107)103(86)83-34-11-4-24-72(83)73-25-5-12-35-84(73)103/h1-62H. The number of fused-ring (bicyclic) bond motifs is 30. The molecule has 0 amide bonds. The summed E-state index contributed by atoms with van der Waals surface area (Å²) in [4.78, 5) is 4.88. The molecule has 6 heteroatoms. The van der Waals surface area contributed by atoms with Crippen LogP contribution in [-0.2, 0) is 10.8 Å². The van der Waals surface area contributed by atoms with Crippen molar-refractivity contribution in [2.75, 3.05) is 9.80 Å². The Morgan fingerprint density at radius 3 is 1.37 bits per heavy atom. The summed E-state index contributed by atoms with van der Waals surface area (Å²) in [6.07, 6.45) is 0. The maximum absolute atomic E-state index is 6.71. The van der Waals surface area contributed by atoms with Crippen LogP contribution in [0.1, 0.15) is 44.5 Å². The van der Waals surface area contributed by atoms with Gasteiger partial charge < -0.3 is 27.8 Å². The number of rotatable bonds is 8. The Morgan fingerprint density at radius 2 is 0.664 bits per heavy atom. The molecule has 25 rings (SSSR count). The molecule has 6 nitrogen and oxygen atoms in total. The van der Waals surface area contributed by atoms with Crippen molar-refractivity contribution in [2.24, 2.45) is 0 Å². The number of anilines is 6. The monoisotopic (exact) mass is 1400 g/mol. The third-order valence-electron chi connectivity index (χ3n) is 24.9. The van der Waals surface area contributed by atoms with E-state index >= 15 is 0 Å². The van der Waals surface area contributed by atoms with Crippen LogP contribution in [0.4, 0.5) is 34.1 Å². The first-order valence-electron chi connectivity index (χ1n) is 38.0. The molecule has 6 heterocycles. The molecule has 21 aromatic rings. The Kier molecular flexibility index (Phi) is 12.0.